The minimum atomic E-state index is 0.241. The topological polar surface area (TPSA) is 35.2 Å². The summed E-state index contributed by atoms with van der Waals surface area (Å²) >= 11 is 0. The molecule has 0 heterocycles. The van der Waals surface area contributed by atoms with Crippen molar-refractivity contribution in [3.63, 3.8) is 0 Å². The number of nitrogen functional groups attached to an aromatic ring is 1. The van der Waals surface area contributed by atoms with Crippen molar-refractivity contribution in [3.8, 4) is 5.75 Å². The van der Waals surface area contributed by atoms with Crippen LogP contribution in [0.1, 0.15) is 32.3 Å². The fourth-order valence-corrected chi connectivity index (χ4v) is 1.46. The van der Waals surface area contributed by atoms with Gasteiger partial charge in [0.15, 0.2) is 0 Å². The SMILES string of the molecule is CCC[C@H](C)Oc1ccc(C)cc1N. The van der Waals surface area contributed by atoms with Crippen molar-refractivity contribution >= 4 is 5.69 Å². The van der Waals surface area contributed by atoms with E-state index in [9.17, 15) is 0 Å². The van der Waals surface area contributed by atoms with Gasteiger partial charge >= 0.3 is 0 Å². The molecule has 0 radical (unpaired) electrons. The maximum atomic E-state index is 5.84. The molecule has 14 heavy (non-hydrogen) atoms. The van der Waals surface area contributed by atoms with Crippen molar-refractivity contribution in [2.24, 2.45) is 0 Å². The highest BCUT2D eigenvalue weighted by Gasteiger charge is 2.05. The van der Waals surface area contributed by atoms with Gasteiger partial charge in [-0.05, 0) is 38.0 Å². The minimum Gasteiger partial charge on any atom is -0.489 e. The molecule has 0 fully saturated rings. The van der Waals surface area contributed by atoms with Gasteiger partial charge in [-0.2, -0.15) is 0 Å². The third-order valence-electron chi connectivity index (χ3n) is 2.19. The molecule has 0 aliphatic heterocycles. The molecule has 2 nitrogen and oxygen atoms in total. The lowest BCUT2D eigenvalue weighted by Crippen LogP contribution is -2.12. The Labute approximate surface area is 86.1 Å². The van der Waals surface area contributed by atoms with E-state index in [2.05, 4.69) is 13.8 Å². The van der Waals surface area contributed by atoms with Crippen molar-refractivity contribution in [3.05, 3.63) is 23.8 Å². The van der Waals surface area contributed by atoms with Crippen molar-refractivity contribution in [2.75, 3.05) is 5.73 Å². The quantitative estimate of drug-likeness (QED) is 0.745. The fourth-order valence-electron chi connectivity index (χ4n) is 1.46. The summed E-state index contributed by atoms with van der Waals surface area (Å²) in [6.45, 7) is 6.25. The van der Waals surface area contributed by atoms with E-state index in [0.717, 1.165) is 29.8 Å². The van der Waals surface area contributed by atoms with Crippen LogP contribution in [0.3, 0.4) is 0 Å². The van der Waals surface area contributed by atoms with E-state index >= 15 is 0 Å². The molecule has 0 bridgehead atoms. The average molecular weight is 193 g/mol. The first-order valence-corrected chi connectivity index (χ1v) is 5.16. The molecule has 0 saturated carbocycles. The van der Waals surface area contributed by atoms with E-state index in [1.165, 1.54) is 0 Å². The lowest BCUT2D eigenvalue weighted by Gasteiger charge is -2.15. The highest BCUT2D eigenvalue weighted by Crippen LogP contribution is 2.23. The van der Waals surface area contributed by atoms with Crippen molar-refractivity contribution in [2.45, 2.75) is 39.7 Å². The Bertz CT molecular complexity index is 296. The van der Waals surface area contributed by atoms with Gasteiger partial charge in [0, 0.05) is 0 Å². The van der Waals surface area contributed by atoms with E-state index in [1.54, 1.807) is 0 Å². The Morgan fingerprint density at radius 1 is 1.43 bits per heavy atom. The van der Waals surface area contributed by atoms with E-state index in [-0.39, 0.29) is 6.10 Å². The standard InChI is InChI=1S/C12H19NO/c1-4-5-10(3)14-12-7-6-9(2)8-11(12)13/h6-8,10H,4-5,13H2,1-3H3/t10-/m0/s1. The molecule has 1 aromatic rings. The maximum absolute atomic E-state index is 5.84. The molecule has 0 aliphatic rings. The summed E-state index contributed by atoms with van der Waals surface area (Å²) in [5.41, 5.74) is 7.74. The summed E-state index contributed by atoms with van der Waals surface area (Å²) in [5.74, 6) is 0.802. The second kappa shape index (κ2) is 4.89. The van der Waals surface area contributed by atoms with Crippen LogP contribution in [0.25, 0.3) is 0 Å². The zero-order valence-corrected chi connectivity index (χ0v) is 9.21. The monoisotopic (exact) mass is 193 g/mol. The summed E-state index contributed by atoms with van der Waals surface area (Å²) in [5, 5.41) is 0. The predicted octanol–water partition coefficient (Wildman–Crippen LogP) is 3.14. The van der Waals surface area contributed by atoms with Gasteiger partial charge in [-0.3, -0.25) is 0 Å². The van der Waals surface area contributed by atoms with Crippen molar-refractivity contribution < 1.29 is 4.74 Å². The van der Waals surface area contributed by atoms with Gasteiger partial charge in [0.25, 0.3) is 0 Å². The van der Waals surface area contributed by atoms with Crippen LogP contribution in [-0.4, -0.2) is 6.10 Å². The molecule has 0 spiro atoms. The Morgan fingerprint density at radius 3 is 2.71 bits per heavy atom. The van der Waals surface area contributed by atoms with Gasteiger partial charge in [0.2, 0.25) is 0 Å². The van der Waals surface area contributed by atoms with Gasteiger partial charge in [-0.1, -0.05) is 19.4 Å². The number of anilines is 1. The number of rotatable bonds is 4. The molecular formula is C12H19NO. The molecule has 1 atom stereocenters. The first kappa shape index (κ1) is 10.9. The molecule has 0 amide bonds. The lowest BCUT2D eigenvalue weighted by atomic mass is 10.2. The molecule has 0 saturated heterocycles. The largest absolute Gasteiger partial charge is 0.489 e. The Kier molecular flexibility index (Phi) is 3.81. The summed E-state index contributed by atoms with van der Waals surface area (Å²) in [6, 6.07) is 5.90. The summed E-state index contributed by atoms with van der Waals surface area (Å²) in [7, 11) is 0. The van der Waals surface area contributed by atoms with Crippen molar-refractivity contribution in [1.82, 2.24) is 0 Å². The van der Waals surface area contributed by atoms with Crippen LogP contribution in [0, 0.1) is 6.92 Å². The Hall–Kier alpha value is -1.18. The summed E-state index contributed by atoms with van der Waals surface area (Å²) in [6.07, 6.45) is 2.44. The second-order valence-electron chi connectivity index (χ2n) is 3.76. The van der Waals surface area contributed by atoms with Crippen LogP contribution in [0.15, 0.2) is 18.2 Å². The minimum absolute atomic E-state index is 0.241. The molecule has 78 valence electrons. The highest BCUT2D eigenvalue weighted by molar-refractivity contribution is 5.54. The smallest absolute Gasteiger partial charge is 0.142 e. The molecule has 2 heteroatoms. The van der Waals surface area contributed by atoms with Crippen LogP contribution < -0.4 is 10.5 Å². The van der Waals surface area contributed by atoms with Crippen LogP contribution in [0.2, 0.25) is 0 Å². The van der Waals surface area contributed by atoms with Crippen LogP contribution in [0.5, 0.6) is 5.75 Å². The van der Waals surface area contributed by atoms with E-state index in [1.807, 2.05) is 25.1 Å². The first-order chi connectivity index (χ1) is 6.63. The van der Waals surface area contributed by atoms with Gasteiger partial charge in [-0.15, -0.1) is 0 Å². The number of hydrogen-bond acceptors (Lipinski definition) is 2. The van der Waals surface area contributed by atoms with E-state index in [0.29, 0.717) is 0 Å². The lowest BCUT2D eigenvalue weighted by molar-refractivity contribution is 0.211. The first-order valence-electron chi connectivity index (χ1n) is 5.16. The van der Waals surface area contributed by atoms with Crippen molar-refractivity contribution in [1.29, 1.82) is 0 Å². The van der Waals surface area contributed by atoms with Crippen LogP contribution >= 0.6 is 0 Å². The Balaban J connectivity index is 2.67. The van der Waals surface area contributed by atoms with Gasteiger partial charge in [0.1, 0.15) is 5.75 Å². The second-order valence-corrected chi connectivity index (χ2v) is 3.76. The van der Waals surface area contributed by atoms with E-state index in [4.69, 9.17) is 10.5 Å². The average Bonchev–Trinajstić information content (AvgIpc) is 2.10. The highest BCUT2D eigenvalue weighted by atomic mass is 16.5. The molecule has 1 rings (SSSR count). The summed E-state index contributed by atoms with van der Waals surface area (Å²) in [4.78, 5) is 0. The molecule has 0 unspecified atom stereocenters. The zero-order valence-electron chi connectivity index (χ0n) is 9.21. The van der Waals surface area contributed by atoms with Gasteiger partial charge < -0.3 is 10.5 Å². The van der Waals surface area contributed by atoms with Gasteiger partial charge in [0.05, 0.1) is 11.8 Å². The molecule has 0 aromatic heterocycles. The van der Waals surface area contributed by atoms with Crippen LogP contribution in [0.4, 0.5) is 5.69 Å². The maximum Gasteiger partial charge on any atom is 0.142 e. The molecule has 0 aliphatic carbocycles. The molecular weight excluding hydrogens is 174 g/mol. The van der Waals surface area contributed by atoms with Gasteiger partial charge in [-0.25, -0.2) is 0 Å². The predicted molar refractivity (Wildman–Crippen MR) is 60.6 cm³/mol. The Morgan fingerprint density at radius 2 is 2.14 bits per heavy atom. The third kappa shape index (κ3) is 2.95. The van der Waals surface area contributed by atoms with Crippen LogP contribution in [-0.2, 0) is 0 Å². The zero-order chi connectivity index (χ0) is 10.6. The number of ether oxygens (including phenoxy) is 1. The number of benzene rings is 1. The third-order valence-corrected chi connectivity index (χ3v) is 2.19. The summed E-state index contributed by atoms with van der Waals surface area (Å²) < 4.78 is 5.72. The normalized spacial score (nSPS) is 12.5. The van der Waals surface area contributed by atoms with E-state index < -0.39 is 0 Å². The molecule has 1 aromatic carbocycles. The molecule has 2 N–H and O–H groups in total. The fraction of sp³-hybridized carbons (Fsp3) is 0.500. The number of hydrogen-bond donors (Lipinski definition) is 1. The number of nitrogens with two attached hydrogens (primary N) is 1. The number of aryl methyl sites for hydroxylation is 1.